The van der Waals surface area contributed by atoms with Crippen LogP contribution in [0.25, 0.3) is 10.9 Å². The average molecular weight is 484 g/mol. The van der Waals surface area contributed by atoms with Gasteiger partial charge in [-0.2, -0.15) is 5.10 Å². The van der Waals surface area contributed by atoms with Crippen LogP contribution in [0, 0.1) is 17.0 Å². The number of benzene rings is 3. The van der Waals surface area contributed by atoms with Gasteiger partial charge in [-0.15, -0.1) is 0 Å². The van der Waals surface area contributed by atoms with E-state index in [0.29, 0.717) is 5.02 Å². The van der Waals surface area contributed by atoms with Crippen molar-refractivity contribution in [2.45, 2.75) is 11.8 Å². The highest BCUT2D eigenvalue weighted by Gasteiger charge is 2.23. The average Bonchev–Trinajstić information content (AvgIpc) is 3.10. The van der Waals surface area contributed by atoms with Gasteiger partial charge in [0.25, 0.3) is 15.7 Å². The van der Waals surface area contributed by atoms with Crippen LogP contribution >= 0.6 is 11.6 Å². The molecule has 168 valence electrons. The second-order valence-corrected chi connectivity index (χ2v) is 9.22. The molecule has 1 aromatic heterocycles. The van der Waals surface area contributed by atoms with Crippen LogP contribution in [-0.2, 0) is 10.0 Å². The molecule has 9 nitrogen and oxygen atoms in total. The molecular weight excluding hydrogens is 466 g/mol. The number of nitrogens with zero attached hydrogens (tertiary/aromatic N) is 2. The van der Waals surface area contributed by atoms with Crippen molar-refractivity contribution in [2.24, 2.45) is 5.10 Å². The van der Waals surface area contributed by atoms with Gasteiger partial charge in [0.05, 0.1) is 16.8 Å². The number of aryl methyl sites for hydroxylation is 1. The first-order chi connectivity index (χ1) is 15.7. The first-order valence-electron chi connectivity index (χ1n) is 9.68. The molecule has 0 aliphatic rings. The Bertz CT molecular complexity index is 1480. The molecule has 0 aliphatic carbocycles. The number of hydrogen-bond donors (Lipinski definition) is 3. The Balaban J connectivity index is 1.68. The lowest BCUT2D eigenvalue weighted by Gasteiger charge is -2.12. The highest BCUT2D eigenvalue weighted by atomic mass is 35.5. The molecule has 0 saturated carbocycles. The lowest BCUT2D eigenvalue weighted by atomic mass is 10.1. The van der Waals surface area contributed by atoms with Crippen LogP contribution in [-0.4, -0.2) is 24.5 Å². The summed E-state index contributed by atoms with van der Waals surface area (Å²) >= 11 is 5.85. The van der Waals surface area contributed by atoms with Crippen LogP contribution in [0.15, 0.2) is 76.7 Å². The molecule has 4 rings (SSSR count). The Morgan fingerprint density at radius 1 is 1.09 bits per heavy atom. The number of fused-ring (bicyclic) bond motifs is 1. The smallest absolute Gasteiger partial charge is 0.270 e. The van der Waals surface area contributed by atoms with Crippen LogP contribution in [0.1, 0.15) is 11.3 Å². The van der Waals surface area contributed by atoms with Gasteiger partial charge < -0.3 is 4.98 Å². The van der Waals surface area contributed by atoms with Crippen LogP contribution in [0.4, 0.5) is 17.1 Å². The Hall–Kier alpha value is -3.89. The summed E-state index contributed by atoms with van der Waals surface area (Å²) in [6.45, 7) is 1.90. The van der Waals surface area contributed by atoms with Gasteiger partial charge in [-0.1, -0.05) is 29.8 Å². The molecule has 0 spiro atoms. The fraction of sp³-hybridized carbons (Fsp3) is 0.0455. The van der Waals surface area contributed by atoms with Crippen molar-refractivity contribution < 1.29 is 13.3 Å². The van der Waals surface area contributed by atoms with Gasteiger partial charge >= 0.3 is 0 Å². The Morgan fingerprint density at radius 3 is 2.55 bits per heavy atom. The molecule has 3 N–H and O–H groups in total. The van der Waals surface area contributed by atoms with Gasteiger partial charge in [-0.25, -0.2) is 8.42 Å². The van der Waals surface area contributed by atoms with E-state index in [4.69, 9.17) is 11.6 Å². The van der Waals surface area contributed by atoms with E-state index >= 15 is 0 Å². The normalized spacial score (nSPS) is 11.7. The molecule has 4 aromatic rings. The lowest BCUT2D eigenvalue weighted by Crippen LogP contribution is -2.15. The number of non-ortho nitro benzene ring substituents is 1. The number of rotatable bonds is 7. The molecule has 0 radical (unpaired) electrons. The van der Waals surface area contributed by atoms with E-state index in [1.807, 2.05) is 31.2 Å². The van der Waals surface area contributed by atoms with Crippen LogP contribution < -0.4 is 10.1 Å². The number of hydrazone groups is 1. The van der Waals surface area contributed by atoms with Crippen LogP contribution in [0.2, 0.25) is 5.02 Å². The van der Waals surface area contributed by atoms with Crippen molar-refractivity contribution in [1.82, 2.24) is 4.98 Å². The fourth-order valence-corrected chi connectivity index (χ4v) is 4.66. The Kier molecular flexibility index (Phi) is 6.03. The number of halogens is 1. The maximum absolute atomic E-state index is 13.0. The summed E-state index contributed by atoms with van der Waals surface area (Å²) in [7, 11) is -4.18. The topological polar surface area (TPSA) is 129 Å². The summed E-state index contributed by atoms with van der Waals surface area (Å²) < 4.78 is 28.5. The third-order valence-electron chi connectivity index (χ3n) is 4.88. The maximum atomic E-state index is 13.0. The van der Waals surface area contributed by atoms with E-state index in [-0.39, 0.29) is 22.0 Å². The molecule has 0 fully saturated rings. The molecule has 33 heavy (non-hydrogen) atoms. The number of sulfonamides is 1. The summed E-state index contributed by atoms with van der Waals surface area (Å²) in [5, 5.41) is 16.8. The quantitative estimate of drug-likeness (QED) is 0.187. The standard InChI is InChI=1S/C22H18ClN5O4S/c1-14-19(18-4-2-3-5-20(18)25-14)13-24-26-21-11-10-17(28(29)30)12-22(21)33(31,32)27-16-8-6-15(23)7-9-16/h2-13,25-27H,1H3/b24-13-. The molecular formula is C22H18ClN5O4S. The van der Waals surface area contributed by atoms with E-state index in [1.54, 1.807) is 6.21 Å². The van der Waals surface area contributed by atoms with Gasteiger partial charge in [-0.05, 0) is 43.3 Å². The van der Waals surface area contributed by atoms with Crippen molar-refractivity contribution in [1.29, 1.82) is 0 Å². The van der Waals surface area contributed by atoms with Crippen molar-refractivity contribution in [3.8, 4) is 0 Å². The fourth-order valence-electron chi connectivity index (χ4n) is 3.30. The molecule has 0 amide bonds. The van der Waals surface area contributed by atoms with Crippen LogP contribution in [0.3, 0.4) is 0 Å². The predicted octanol–water partition coefficient (Wildman–Crippen LogP) is 5.28. The molecule has 1 heterocycles. The second kappa shape index (κ2) is 8.93. The number of para-hydroxylation sites is 1. The zero-order valence-corrected chi connectivity index (χ0v) is 18.8. The molecule has 0 aliphatic heterocycles. The van der Waals surface area contributed by atoms with Crippen molar-refractivity contribution in [2.75, 3.05) is 10.1 Å². The number of H-pyrrole nitrogens is 1. The number of aromatic amines is 1. The first-order valence-corrected chi connectivity index (χ1v) is 11.5. The number of nitro benzene ring substituents is 1. The van der Waals surface area contributed by atoms with Gasteiger partial charge in [0.2, 0.25) is 0 Å². The molecule has 11 heteroatoms. The molecule has 0 bridgehead atoms. The summed E-state index contributed by atoms with van der Waals surface area (Å²) in [5.74, 6) is 0. The zero-order chi connectivity index (χ0) is 23.6. The third kappa shape index (κ3) is 4.81. The van der Waals surface area contributed by atoms with E-state index in [9.17, 15) is 18.5 Å². The number of nitro groups is 1. The highest BCUT2D eigenvalue weighted by molar-refractivity contribution is 7.92. The molecule has 3 aromatic carbocycles. The minimum absolute atomic E-state index is 0.0795. The summed E-state index contributed by atoms with van der Waals surface area (Å²) in [5.41, 5.74) is 5.35. The summed E-state index contributed by atoms with van der Waals surface area (Å²) in [4.78, 5) is 13.5. The Labute approximate surface area is 194 Å². The number of aromatic nitrogens is 1. The SMILES string of the molecule is Cc1[nH]c2ccccc2c1/C=N\Nc1ccc([N+](=O)[O-])cc1S(=O)(=O)Nc1ccc(Cl)cc1. The van der Waals surface area contributed by atoms with Gasteiger partial charge in [0, 0.05) is 45.0 Å². The summed E-state index contributed by atoms with van der Waals surface area (Å²) in [6.07, 6.45) is 1.57. The monoisotopic (exact) mass is 483 g/mol. The van der Waals surface area contributed by atoms with E-state index in [0.717, 1.165) is 28.2 Å². The van der Waals surface area contributed by atoms with Gasteiger partial charge in [-0.3, -0.25) is 20.3 Å². The molecule has 0 atom stereocenters. The van der Waals surface area contributed by atoms with E-state index in [2.05, 4.69) is 20.2 Å². The summed E-state index contributed by atoms with van der Waals surface area (Å²) in [6, 6.07) is 17.2. The minimum atomic E-state index is -4.18. The molecule has 0 saturated heterocycles. The number of nitrogens with one attached hydrogen (secondary N) is 3. The first kappa shape index (κ1) is 22.3. The Morgan fingerprint density at radius 2 is 1.82 bits per heavy atom. The maximum Gasteiger partial charge on any atom is 0.270 e. The lowest BCUT2D eigenvalue weighted by molar-refractivity contribution is -0.385. The van der Waals surface area contributed by atoms with Gasteiger partial charge in [0.15, 0.2) is 0 Å². The van der Waals surface area contributed by atoms with Gasteiger partial charge in [0.1, 0.15) is 4.90 Å². The largest absolute Gasteiger partial charge is 0.358 e. The second-order valence-electron chi connectivity index (χ2n) is 7.13. The zero-order valence-electron chi connectivity index (χ0n) is 17.2. The third-order valence-corrected chi connectivity index (χ3v) is 6.56. The van der Waals surface area contributed by atoms with E-state index in [1.165, 1.54) is 36.4 Å². The number of hydrogen-bond acceptors (Lipinski definition) is 6. The van der Waals surface area contributed by atoms with E-state index < -0.39 is 14.9 Å². The van der Waals surface area contributed by atoms with Crippen molar-refractivity contribution >= 4 is 55.8 Å². The number of anilines is 2. The van der Waals surface area contributed by atoms with Crippen LogP contribution in [0.5, 0.6) is 0 Å². The van der Waals surface area contributed by atoms with Crippen molar-refractivity contribution in [3.05, 3.63) is 93.1 Å². The molecule has 0 unspecified atom stereocenters. The highest BCUT2D eigenvalue weighted by Crippen LogP contribution is 2.29. The van der Waals surface area contributed by atoms with Crippen molar-refractivity contribution in [3.63, 3.8) is 0 Å². The predicted molar refractivity (Wildman–Crippen MR) is 130 cm³/mol. The minimum Gasteiger partial charge on any atom is -0.358 e.